The fourth-order valence-corrected chi connectivity index (χ4v) is 2.13. The molecule has 0 aliphatic carbocycles. The van der Waals surface area contributed by atoms with Crippen LogP contribution in [0, 0.1) is 11.3 Å². The fraction of sp³-hybridized carbons (Fsp3) is 0.125. The van der Waals surface area contributed by atoms with Gasteiger partial charge in [-0.2, -0.15) is 18.4 Å². The molecule has 1 amide bonds. The number of rotatable bonds is 3. The highest BCUT2D eigenvalue weighted by molar-refractivity contribution is 6.31. The van der Waals surface area contributed by atoms with Crippen LogP contribution in [0.3, 0.4) is 0 Å². The van der Waals surface area contributed by atoms with Crippen molar-refractivity contribution in [3.05, 3.63) is 52.3 Å². The Balaban J connectivity index is 2.40. The van der Waals surface area contributed by atoms with Crippen LogP contribution in [0.4, 0.5) is 13.2 Å². The topological polar surface area (TPSA) is 66.0 Å². The summed E-state index contributed by atoms with van der Waals surface area (Å²) in [6, 6.07) is 7.97. The largest absolute Gasteiger partial charge is 0.457 e. The number of nitrogens with zero attached hydrogens (tertiary/aromatic N) is 1. The van der Waals surface area contributed by atoms with Gasteiger partial charge in [-0.15, -0.1) is 0 Å². The van der Waals surface area contributed by atoms with E-state index in [1.54, 1.807) is 6.07 Å². The summed E-state index contributed by atoms with van der Waals surface area (Å²) in [6.07, 6.45) is -3.39. The Bertz CT molecular complexity index is 848. The molecule has 0 saturated heterocycles. The average molecular weight is 355 g/mol. The van der Waals surface area contributed by atoms with E-state index in [0.29, 0.717) is 0 Å². The predicted molar refractivity (Wildman–Crippen MR) is 81.8 cm³/mol. The predicted octanol–water partition coefficient (Wildman–Crippen LogP) is 4.27. The number of carbonyl (C=O) groups excluding carboxylic acids is 1. The lowest BCUT2D eigenvalue weighted by Crippen LogP contribution is -2.18. The first-order valence-electron chi connectivity index (χ1n) is 6.57. The number of halogens is 4. The molecule has 1 aromatic carbocycles. The number of amides is 1. The molecule has 1 N–H and O–H groups in total. The normalized spacial score (nSPS) is 11.9. The molecule has 0 radical (unpaired) electrons. The first kappa shape index (κ1) is 17.6. The van der Waals surface area contributed by atoms with Crippen molar-refractivity contribution in [3.8, 4) is 17.4 Å². The molecular formula is C16H10ClF3N2O2. The zero-order valence-corrected chi connectivity index (χ0v) is 13.0. The first-order chi connectivity index (χ1) is 11.3. The quantitative estimate of drug-likeness (QED) is 0.661. The van der Waals surface area contributed by atoms with Gasteiger partial charge in [0, 0.05) is 18.7 Å². The number of likely N-dealkylation sites (N-methyl/N-ethyl adjacent to an activating group) is 1. The Kier molecular flexibility index (Phi) is 5.00. The minimum absolute atomic E-state index is 0.151. The van der Waals surface area contributed by atoms with Gasteiger partial charge in [-0.1, -0.05) is 11.6 Å². The standard InChI is InChI=1S/C16H10ClF3N2O2/c1-22-15(23)10(8-21)6-11-3-5-14(24-11)9-2-4-13(17)12(7-9)16(18,19)20/h2-7H,1H3,(H,22,23)/b10-6+. The maximum atomic E-state index is 12.9. The summed E-state index contributed by atoms with van der Waals surface area (Å²) in [5.41, 5.74) is -0.992. The van der Waals surface area contributed by atoms with Gasteiger partial charge in [-0.25, -0.2) is 0 Å². The number of hydrogen-bond acceptors (Lipinski definition) is 3. The molecule has 8 heteroatoms. The van der Waals surface area contributed by atoms with Crippen molar-refractivity contribution >= 4 is 23.6 Å². The van der Waals surface area contributed by atoms with Crippen LogP contribution < -0.4 is 5.32 Å². The van der Waals surface area contributed by atoms with E-state index in [9.17, 15) is 18.0 Å². The van der Waals surface area contributed by atoms with Crippen LogP contribution >= 0.6 is 11.6 Å². The third-order valence-electron chi connectivity index (χ3n) is 3.06. The first-order valence-corrected chi connectivity index (χ1v) is 6.95. The second-order valence-electron chi connectivity index (χ2n) is 4.64. The van der Waals surface area contributed by atoms with Gasteiger partial charge in [0.15, 0.2) is 0 Å². The van der Waals surface area contributed by atoms with Crippen molar-refractivity contribution in [2.75, 3.05) is 7.05 Å². The summed E-state index contributed by atoms with van der Waals surface area (Å²) >= 11 is 5.57. The lowest BCUT2D eigenvalue weighted by molar-refractivity contribution is -0.137. The second kappa shape index (κ2) is 6.81. The van der Waals surface area contributed by atoms with Crippen LogP contribution in [0.1, 0.15) is 11.3 Å². The maximum Gasteiger partial charge on any atom is 0.417 e. The molecule has 4 nitrogen and oxygen atoms in total. The molecule has 0 aliphatic heterocycles. The molecule has 0 spiro atoms. The van der Waals surface area contributed by atoms with Crippen LogP contribution in [0.15, 0.2) is 40.3 Å². The number of nitrogens with one attached hydrogen (secondary N) is 1. The van der Waals surface area contributed by atoms with Crippen LogP contribution in [0.25, 0.3) is 17.4 Å². The van der Waals surface area contributed by atoms with E-state index in [1.165, 1.54) is 31.3 Å². The zero-order chi connectivity index (χ0) is 17.9. The highest BCUT2D eigenvalue weighted by Crippen LogP contribution is 2.37. The molecule has 0 bridgehead atoms. The van der Waals surface area contributed by atoms with Crippen molar-refractivity contribution in [1.29, 1.82) is 5.26 Å². The van der Waals surface area contributed by atoms with Gasteiger partial charge in [0.1, 0.15) is 23.2 Å². The number of carbonyl (C=O) groups is 1. The van der Waals surface area contributed by atoms with Crippen molar-refractivity contribution in [1.82, 2.24) is 5.32 Å². The fourth-order valence-electron chi connectivity index (χ4n) is 1.91. The minimum Gasteiger partial charge on any atom is -0.457 e. The summed E-state index contributed by atoms with van der Waals surface area (Å²) in [4.78, 5) is 11.4. The zero-order valence-electron chi connectivity index (χ0n) is 12.2. The molecule has 0 atom stereocenters. The van der Waals surface area contributed by atoms with Crippen molar-refractivity contribution in [2.45, 2.75) is 6.18 Å². The smallest absolute Gasteiger partial charge is 0.417 e. The third-order valence-corrected chi connectivity index (χ3v) is 3.39. The Morgan fingerprint density at radius 3 is 2.62 bits per heavy atom. The van der Waals surface area contributed by atoms with Gasteiger partial charge in [0.05, 0.1) is 10.6 Å². The Hall–Kier alpha value is -2.72. The van der Waals surface area contributed by atoms with Crippen molar-refractivity contribution < 1.29 is 22.4 Å². The Morgan fingerprint density at radius 1 is 1.33 bits per heavy atom. The van der Waals surface area contributed by atoms with E-state index in [2.05, 4.69) is 5.32 Å². The van der Waals surface area contributed by atoms with E-state index in [0.717, 1.165) is 12.1 Å². The lowest BCUT2D eigenvalue weighted by Gasteiger charge is -2.09. The molecular weight excluding hydrogens is 345 g/mol. The van der Waals surface area contributed by atoms with Crippen LogP contribution in [-0.2, 0) is 11.0 Å². The van der Waals surface area contributed by atoms with Crippen LogP contribution in [0.5, 0.6) is 0 Å². The Labute approximate surface area is 140 Å². The molecule has 0 aliphatic rings. The van der Waals surface area contributed by atoms with E-state index in [-0.39, 0.29) is 22.7 Å². The molecule has 1 aromatic heterocycles. The summed E-state index contributed by atoms with van der Waals surface area (Å²) < 4.78 is 44.1. The van der Waals surface area contributed by atoms with Crippen molar-refractivity contribution in [2.24, 2.45) is 0 Å². The van der Waals surface area contributed by atoms with Crippen molar-refractivity contribution in [3.63, 3.8) is 0 Å². The molecule has 0 unspecified atom stereocenters. The second-order valence-corrected chi connectivity index (χ2v) is 5.05. The van der Waals surface area contributed by atoms with Gasteiger partial charge in [0.2, 0.25) is 0 Å². The summed E-state index contributed by atoms with van der Waals surface area (Å²) in [5.74, 6) is -0.285. The van der Waals surface area contributed by atoms with E-state index >= 15 is 0 Å². The van der Waals surface area contributed by atoms with Gasteiger partial charge in [0.25, 0.3) is 5.91 Å². The highest BCUT2D eigenvalue weighted by atomic mass is 35.5. The van der Waals surface area contributed by atoms with Crippen LogP contribution in [-0.4, -0.2) is 13.0 Å². The number of furan rings is 1. The number of alkyl halides is 3. The van der Waals surface area contributed by atoms with E-state index in [4.69, 9.17) is 21.3 Å². The van der Waals surface area contributed by atoms with Crippen LogP contribution in [0.2, 0.25) is 5.02 Å². The van der Waals surface area contributed by atoms with Gasteiger partial charge >= 0.3 is 6.18 Å². The molecule has 2 rings (SSSR count). The Morgan fingerprint density at radius 2 is 2.04 bits per heavy atom. The molecule has 2 aromatic rings. The summed E-state index contributed by atoms with van der Waals surface area (Å²) in [6.45, 7) is 0. The summed E-state index contributed by atoms with van der Waals surface area (Å²) in [7, 11) is 1.37. The molecule has 24 heavy (non-hydrogen) atoms. The molecule has 0 fully saturated rings. The SMILES string of the molecule is CNC(=O)/C(C#N)=C/c1ccc(-c2ccc(Cl)c(C(F)(F)F)c2)o1. The summed E-state index contributed by atoms with van der Waals surface area (Å²) in [5, 5.41) is 10.8. The lowest BCUT2D eigenvalue weighted by atomic mass is 10.1. The van der Waals surface area contributed by atoms with Gasteiger partial charge in [-0.3, -0.25) is 4.79 Å². The number of nitriles is 1. The number of benzene rings is 1. The third kappa shape index (κ3) is 3.78. The maximum absolute atomic E-state index is 12.9. The molecule has 124 valence electrons. The monoisotopic (exact) mass is 354 g/mol. The highest BCUT2D eigenvalue weighted by Gasteiger charge is 2.33. The van der Waals surface area contributed by atoms with Gasteiger partial charge in [-0.05, 0) is 30.3 Å². The van der Waals surface area contributed by atoms with E-state index in [1.807, 2.05) is 0 Å². The molecule has 0 saturated carbocycles. The molecule has 1 heterocycles. The average Bonchev–Trinajstić information content (AvgIpc) is 2.99. The number of hydrogen-bond donors (Lipinski definition) is 1. The van der Waals surface area contributed by atoms with E-state index < -0.39 is 22.7 Å². The van der Waals surface area contributed by atoms with Gasteiger partial charge < -0.3 is 9.73 Å². The minimum atomic E-state index is -4.59.